The second-order valence-electron chi connectivity index (χ2n) is 13.6. The predicted octanol–water partition coefficient (Wildman–Crippen LogP) is 15.0. The van der Waals surface area contributed by atoms with Crippen molar-refractivity contribution in [2.75, 3.05) is 4.90 Å². The number of thiazole rings is 1. The molecule has 0 aliphatic rings. The van der Waals surface area contributed by atoms with Crippen LogP contribution in [0.25, 0.3) is 85.2 Å². The third-order valence-corrected chi connectivity index (χ3v) is 12.5. The molecule has 5 heteroatoms. The first-order valence-electron chi connectivity index (χ1n) is 18.0. The summed E-state index contributed by atoms with van der Waals surface area (Å²) in [6.45, 7) is 0. The maximum atomic E-state index is 6.20. The predicted molar refractivity (Wildman–Crippen MR) is 231 cm³/mol. The van der Waals surface area contributed by atoms with Crippen molar-refractivity contribution in [1.29, 1.82) is 0 Å². The number of para-hydroxylation sites is 1. The van der Waals surface area contributed by atoms with Crippen LogP contribution < -0.4 is 4.90 Å². The lowest BCUT2D eigenvalue weighted by molar-refractivity contribution is 0.669. The van der Waals surface area contributed by atoms with E-state index in [4.69, 9.17) is 9.40 Å². The number of hydrogen-bond acceptors (Lipinski definition) is 5. The molecule has 0 N–H and O–H groups in total. The summed E-state index contributed by atoms with van der Waals surface area (Å²) in [5.41, 5.74) is 12.1. The normalized spacial score (nSPS) is 11.7. The van der Waals surface area contributed by atoms with Gasteiger partial charge in [0.1, 0.15) is 16.2 Å². The zero-order valence-electron chi connectivity index (χ0n) is 28.9. The van der Waals surface area contributed by atoms with Gasteiger partial charge in [-0.3, -0.25) is 0 Å². The van der Waals surface area contributed by atoms with E-state index >= 15 is 0 Å². The first kappa shape index (κ1) is 31.0. The molecule has 11 rings (SSSR count). The lowest BCUT2D eigenvalue weighted by Gasteiger charge is -2.26. The number of aromatic nitrogens is 1. The number of hydrogen-bond donors (Lipinski definition) is 0. The molecular formula is C49H30N2OS2. The largest absolute Gasteiger partial charge is 0.456 e. The van der Waals surface area contributed by atoms with Crippen molar-refractivity contribution in [3.8, 4) is 32.8 Å². The van der Waals surface area contributed by atoms with Gasteiger partial charge in [0.05, 0.1) is 10.2 Å². The molecule has 54 heavy (non-hydrogen) atoms. The van der Waals surface area contributed by atoms with Crippen molar-refractivity contribution in [3.05, 3.63) is 182 Å². The highest BCUT2D eigenvalue weighted by Gasteiger charge is 2.18. The Labute approximate surface area is 319 Å². The lowest BCUT2D eigenvalue weighted by atomic mass is 10.0. The number of benzene rings is 8. The molecule has 3 nitrogen and oxygen atoms in total. The van der Waals surface area contributed by atoms with Crippen LogP contribution >= 0.6 is 22.7 Å². The van der Waals surface area contributed by atoms with Crippen molar-refractivity contribution in [3.63, 3.8) is 0 Å². The zero-order chi connectivity index (χ0) is 35.6. The monoisotopic (exact) mass is 726 g/mol. The quantitative estimate of drug-likeness (QED) is 0.171. The number of rotatable bonds is 6. The molecule has 8 aromatic carbocycles. The summed E-state index contributed by atoms with van der Waals surface area (Å²) < 4.78 is 9.96. The van der Waals surface area contributed by atoms with Crippen LogP contribution in [0, 0.1) is 0 Å². The molecule has 0 spiro atoms. The Morgan fingerprint density at radius 1 is 0.389 bits per heavy atom. The standard InChI is InChI=1S/C49H30N2OS2/c1-3-9-31(10-4-1)32-15-20-36(21-16-32)51(38-24-26-43-41(30-38)39-13-7-8-14-42(39)52-43)37-22-17-33(18-23-37)35-19-25-40-46(29-35)53-44-27-28-45-48(47(40)44)50-49(54-45)34-11-5-2-6-12-34/h1-30H. The van der Waals surface area contributed by atoms with Crippen LogP contribution in [0.2, 0.25) is 0 Å². The van der Waals surface area contributed by atoms with Crippen LogP contribution in [-0.2, 0) is 0 Å². The molecule has 0 saturated carbocycles. The van der Waals surface area contributed by atoms with Gasteiger partial charge in [0, 0.05) is 53.6 Å². The molecule has 0 fully saturated rings. The van der Waals surface area contributed by atoms with Gasteiger partial charge in [-0.2, -0.15) is 0 Å². The van der Waals surface area contributed by atoms with Gasteiger partial charge < -0.3 is 9.32 Å². The maximum Gasteiger partial charge on any atom is 0.135 e. The van der Waals surface area contributed by atoms with Crippen LogP contribution in [0.15, 0.2) is 186 Å². The molecule has 0 atom stereocenters. The fourth-order valence-corrected chi connectivity index (χ4v) is 9.80. The first-order valence-corrected chi connectivity index (χ1v) is 19.7. The van der Waals surface area contributed by atoms with Gasteiger partial charge in [0.25, 0.3) is 0 Å². The zero-order valence-corrected chi connectivity index (χ0v) is 30.6. The molecule has 0 aliphatic carbocycles. The molecule has 0 radical (unpaired) electrons. The molecule has 0 bridgehead atoms. The molecular weight excluding hydrogens is 697 g/mol. The fraction of sp³-hybridized carbons (Fsp3) is 0. The number of anilines is 3. The van der Waals surface area contributed by atoms with Crippen molar-refractivity contribution in [2.24, 2.45) is 0 Å². The van der Waals surface area contributed by atoms with E-state index in [1.807, 2.05) is 23.5 Å². The Kier molecular flexibility index (Phi) is 7.22. The molecule has 3 heterocycles. The number of fused-ring (bicyclic) bond motifs is 8. The number of thiophene rings is 1. The highest BCUT2D eigenvalue weighted by Crippen LogP contribution is 2.44. The van der Waals surface area contributed by atoms with Gasteiger partial charge in [0.2, 0.25) is 0 Å². The van der Waals surface area contributed by atoms with E-state index in [0.29, 0.717) is 0 Å². The Balaban J connectivity index is 0.983. The highest BCUT2D eigenvalue weighted by molar-refractivity contribution is 7.26. The van der Waals surface area contributed by atoms with E-state index in [0.717, 1.165) is 55.1 Å². The number of nitrogens with zero attached hydrogens (tertiary/aromatic N) is 2. The van der Waals surface area contributed by atoms with Crippen LogP contribution in [0.5, 0.6) is 0 Å². The summed E-state index contributed by atoms with van der Waals surface area (Å²) in [4.78, 5) is 7.49. The smallest absolute Gasteiger partial charge is 0.135 e. The van der Waals surface area contributed by atoms with Gasteiger partial charge in [0.15, 0.2) is 0 Å². The van der Waals surface area contributed by atoms with Gasteiger partial charge >= 0.3 is 0 Å². The second kappa shape index (κ2) is 12.6. The Bertz CT molecular complexity index is 3140. The topological polar surface area (TPSA) is 29.3 Å². The Morgan fingerprint density at radius 2 is 0.981 bits per heavy atom. The van der Waals surface area contributed by atoms with Gasteiger partial charge in [-0.05, 0) is 89.0 Å². The average Bonchev–Trinajstić information content (AvgIpc) is 3.95. The molecule has 11 aromatic rings. The van der Waals surface area contributed by atoms with Crippen molar-refractivity contribution >= 4 is 92.1 Å². The Hall–Kier alpha value is -6.53. The summed E-state index contributed by atoms with van der Waals surface area (Å²) in [5.74, 6) is 0. The van der Waals surface area contributed by atoms with E-state index < -0.39 is 0 Å². The summed E-state index contributed by atoms with van der Waals surface area (Å²) in [6, 6.07) is 64.9. The Morgan fingerprint density at radius 3 is 1.74 bits per heavy atom. The highest BCUT2D eigenvalue weighted by atomic mass is 32.1. The van der Waals surface area contributed by atoms with E-state index in [-0.39, 0.29) is 0 Å². The van der Waals surface area contributed by atoms with Crippen molar-refractivity contribution in [1.82, 2.24) is 4.98 Å². The molecule has 3 aromatic heterocycles. The molecule has 254 valence electrons. The van der Waals surface area contributed by atoms with Crippen LogP contribution in [0.4, 0.5) is 17.1 Å². The summed E-state index contributed by atoms with van der Waals surface area (Å²) in [5, 5.41) is 5.80. The SMILES string of the molecule is c1ccc(-c2ccc(N(c3ccc(-c4ccc5c(c4)sc4ccc6sc(-c7ccccc7)nc6c45)cc3)c3ccc4oc5ccccc5c4c3)cc2)cc1. The average molecular weight is 727 g/mol. The van der Waals surface area contributed by atoms with Gasteiger partial charge in [-0.25, -0.2) is 4.98 Å². The van der Waals surface area contributed by atoms with Crippen LogP contribution in [-0.4, -0.2) is 4.98 Å². The molecule has 0 unspecified atom stereocenters. The van der Waals surface area contributed by atoms with E-state index in [1.165, 1.54) is 47.1 Å². The van der Waals surface area contributed by atoms with Gasteiger partial charge in [-0.15, -0.1) is 22.7 Å². The third-order valence-electron chi connectivity index (χ3n) is 10.3. The lowest BCUT2D eigenvalue weighted by Crippen LogP contribution is -2.09. The van der Waals surface area contributed by atoms with Crippen LogP contribution in [0.3, 0.4) is 0 Å². The minimum absolute atomic E-state index is 0.887. The van der Waals surface area contributed by atoms with Crippen molar-refractivity contribution < 1.29 is 4.42 Å². The first-order chi connectivity index (χ1) is 26.7. The van der Waals surface area contributed by atoms with E-state index in [1.54, 1.807) is 11.3 Å². The van der Waals surface area contributed by atoms with E-state index in [9.17, 15) is 0 Å². The second-order valence-corrected chi connectivity index (χ2v) is 15.7. The maximum absolute atomic E-state index is 6.20. The number of furan rings is 1. The van der Waals surface area contributed by atoms with Gasteiger partial charge in [-0.1, -0.05) is 115 Å². The summed E-state index contributed by atoms with van der Waals surface area (Å²) >= 11 is 3.61. The summed E-state index contributed by atoms with van der Waals surface area (Å²) in [6.07, 6.45) is 0. The molecule has 0 amide bonds. The minimum atomic E-state index is 0.887. The molecule has 0 aliphatic heterocycles. The fourth-order valence-electron chi connectivity index (χ4n) is 7.67. The van der Waals surface area contributed by atoms with Crippen LogP contribution in [0.1, 0.15) is 0 Å². The van der Waals surface area contributed by atoms with E-state index in [2.05, 4.69) is 175 Å². The summed E-state index contributed by atoms with van der Waals surface area (Å²) in [7, 11) is 0. The molecule has 0 saturated heterocycles. The van der Waals surface area contributed by atoms with Crippen molar-refractivity contribution in [2.45, 2.75) is 0 Å². The third kappa shape index (κ3) is 5.20. The minimum Gasteiger partial charge on any atom is -0.456 e.